The Balaban J connectivity index is 1.85. The van der Waals surface area contributed by atoms with E-state index in [1.165, 1.54) is 0 Å². The number of alkyl halides is 3. The second-order valence-electron chi connectivity index (χ2n) is 10.5. The smallest absolute Gasteiger partial charge is 0.306 e. The molecule has 4 rings (SSSR count). The van der Waals surface area contributed by atoms with E-state index in [2.05, 4.69) is 36.4 Å². The Morgan fingerprint density at radius 2 is 1.97 bits per heavy atom. The summed E-state index contributed by atoms with van der Waals surface area (Å²) in [5.41, 5.74) is -1.27. The van der Waals surface area contributed by atoms with Gasteiger partial charge in [0.05, 0.1) is 14.7 Å². The largest absolute Gasteiger partial charge is 0.450 e. The van der Waals surface area contributed by atoms with Gasteiger partial charge in [-0.2, -0.15) is 0 Å². The normalized spacial score (nSPS) is 47.2. The minimum atomic E-state index is -1.19. The van der Waals surface area contributed by atoms with Crippen LogP contribution in [0.25, 0.3) is 0 Å². The Hall–Kier alpha value is -0.400. The summed E-state index contributed by atoms with van der Waals surface area (Å²) in [6.45, 7) is 7.97. The van der Waals surface area contributed by atoms with Gasteiger partial charge in [-0.15, -0.1) is 23.2 Å². The van der Waals surface area contributed by atoms with E-state index in [0.29, 0.717) is 6.42 Å². The van der Waals surface area contributed by atoms with Crippen molar-refractivity contribution in [3.63, 3.8) is 0 Å². The van der Waals surface area contributed by atoms with E-state index in [9.17, 15) is 14.4 Å². The van der Waals surface area contributed by atoms with Crippen molar-refractivity contribution in [2.24, 2.45) is 28.6 Å². The van der Waals surface area contributed by atoms with Gasteiger partial charge in [-0.05, 0) is 49.7 Å². The van der Waals surface area contributed by atoms with Crippen LogP contribution in [0.4, 0.5) is 0 Å². The Morgan fingerprint density at radius 3 is 2.59 bits per heavy atom. The summed E-state index contributed by atoms with van der Waals surface area (Å²) in [6.07, 6.45) is 8.32. The van der Waals surface area contributed by atoms with Crippen LogP contribution in [0.15, 0.2) is 23.8 Å². The van der Waals surface area contributed by atoms with Gasteiger partial charge >= 0.3 is 5.97 Å². The van der Waals surface area contributed by atoms with E-state index in [1.807, 2.05) is 13.0 Å². The highest BCUT2D eigenvalue weighted by molar-refractivity contribution is 14.1. The van der Waals surface area contributed by atoms with Gasteiger partial charge in [-0.1, -0.05) is 61.9 Å². The predicted molar refractivity (Wildman–Crippen MR) is 134 cm³/mol. The van der Waals surface area contributed by atoms with Crippen LogP contribution in [0.2, 0.25) is 0 Å². The van der Waals surface area contributed by atoms with Gasteiger partial charge in [0.25, 0.3) is 0 Å². The minimum Gasteiger partial charge on any atom is -0.450 e. The van der Waals surface area contributed by atoms with Crippen molar-refractivity contribution < 1.29 is 19.1 Å². The van der Waals surface area contributed by atoms with E-state index >= 15 is 0 Å². The molecule has 32 heavy (non-hydrogen) atoms. The molecule has 3 fully saturated rings. The number of ketones is 2. The second-order valence-corrected chi connectivity index (χ2v) is 12.4. The standard InChI is InChI=1S/C25H31Cl2IO4/c1-5-21(31)32-25(20(30)13-28)14(2)10-18-17-7-6-15-11-16(29)8-9-22(15,3)24(17,27)19(26)12-23(18,25)4/h8-9,11,14,17-19H,5-7,10,12-13H2,1-4H3/t14?,17-,18-,19?,22-,23-,24-,25-/m0/s1. The van der Waals surface area contributed by atoms with Crippen molar-refractivity contribution in [1.82, 2.24) is 0 Å². The van der Waals surface area contributed by atoms with Crippen molar-refractivity contribution in [2.45, 2.75) is 75.7 Å². The number of rotatable bonds is 4. The molecule has 3 saturated carbocycles. The third-order valence-corrected chi connectivity index (χ3v) is 11.5. The maximum atomic E-state index is 13.5. The number of hydrogen-bond acceptors (Lipinski definition) is 4. The highest BCUT2D eigenvalue weighted by Crippen LogP contribution is 2.73. The third-order valence-electron chi connectivity index (χ3n) is 9.24. The molecule has 0 bridgehead atoms. The Kier molecular flexibility index (Phi) is 6.24. The van der Waals surface area contributed by atoms with Crippen LogP contribution >= 0.6 is 45.8 Å². The van der Waals surface area contributed by atoms with Crippen LogP contribution in [0, 0.1) is 28.6 Å². The van der Waals surface area contributed by atoms with Gasteiger partial charge in [0.2, 0.25) is 0 Å². The lowest BCUT2D eigenvalue weighted by atomic mass is 9.46. The Labute approximate surface area is 214 Å². The van der Waals surface area contributed by atoms with Gasteiger partial charge in [-0.3, -0.25) is 14.4 Å². The van der Waals surface area contributed by atoms with Crippen molar-refractivity contribution in [3.05, 3.63) is 23.8 Å². The molecule has 176 valence electrons. The molecular weight excluding hydrogens is 562 g/mol. The number of carbonyl (C=O) groups is 3. The molecule has 0 aromatic rings. The zero-order valence-electron chi connectivity index (χ0n) is 19.1. The molecule has 0 radical (unpaired) electrons. The van der Waals surface area contributed by atoms with Gasteiger partial charge in [0.15, 0.2) is 17.2 Å². The average molecular weight is 593 g/mol. The first kappa shape index (κ1) is 24.7. The molecule has 0 heterocycles. The molecule has 0 spiro atoms. The molecule has 7 heteroatoms. The molecule has 4 aliphatic carbocycles. The summed E-state index contributed by atoms with van der Waals surface area (Å²) >= 11 is 16.8. The minimum absolute atomic E-state index is 0.00409. The SMILES string of the molecule is CCC(=O)O[C@]1(C(=O)CI)C(C)C[C@H]2[C@@H]3CCC4=CC(=O)C=C[C@]4(C)[C@@]3(Cl)C(Cl)C[C@@]21C. The van der Waals surface area contributed by atoms with E-state index in [1.54, 1.807) is 19.1 Å². The van der Waals surface area contributed by atoms with E-state index in [-0.39, 0.29) is 46.1 Å². The lowest BCUT2D eigenvalue weighted by molar-refractivity contribution is -0.192. The van der Waals surface area contributed by atoms with Crippen LogP contribution in [-0.4, -0.2) is 37.8 Å². The number of halogens is 3. The van der Waals surface area contributed by atoms with Crippen molar-refractivity contribution in [1.29, 1.82) is 0 Å². The fraction of sp³-hybridized carbons (Fsp3) is 0.720. The fourth-order valence-corrected chi connectivity index (χ4v) is 9.48. The monoisotopic (exact) mass is 592 g/mol. The third kappa shape index (κ3) is 2.95. The zero-order chi connectivity index (χ0) is 23.7. The summed E-state index contributed by atoms with van der Waals surface area (Å²) in [7, 11) is 0. The van der Waals surface area contributed by atoms with Crippen LogP contribution < -0.4 is 0 Å². The van der Waals surface area contributed by atoms with E-state index in [0.717, 1.165) is 24.8 Å². The van der Waals surface area contributed by atoms with Crippen LogP contribution in [-0.2, 0) is 19.1 Å². The molecule has 4 nitrogen and oxygen atoms in total. The fourth-order valence-electron chi connectivity index (χ4n) is 7.68. The molecule has 8 atom stereocenters. The number of carbonyl (C=O) groups excluding carboxylic acids is 3. The summed E-state index contributed by atoms with van der Waals surface area (Å²) in [5, 5.41) is -0.450. The molecule has 0 aromatic carbocycles. The first-order valence-electron chi connectivity index (χ1n) is 11.5. The number of esters is 1. The van der Waals surface area contributed by atoms with Crippen molar-refractivity contribution >= 4 is 63.3 Å². The van der Waals surface area contributed by atoms with Crippen molar-refractivity contribution in [3.8, 4) is 0 Å². The summed E-state index contributed by atoms with van der Waals surface area (Å²) in [4.78, 5) is 37.4. The molecule has 0 amide bonds. The molecule has 0 saturated heterocycles. The maximum Gasteiger partial charge on any atom is 0.306 e. The Morgan fingerprint density at radius 1 is 1.28 bits per heavy atom. The first-order valence-corrected chi connectivity index (χ1v) is 13.8. The van der Waals surface area contributed by atoms with Crippen LogP contribution in [0.1, 0.15) is 59.8 Å². The highest BCUT2D eigenvalue weighted by atomic mass is 127. The van der Waals surface area contributed by atoms with Crippen LogP contribution in [0.5, 0.6) is 0 Å². The van der Waals surface area contributed by atoms with Gasteiger partial charge in [0, 0.05) is 23.2 Å². The first-order chi connectivity index (χ1) is 14.9. The molecule has 0 aliphatic heterocycles. The zero-order valence-corrected chi connectivity index (χ0v) is 22.7. The number of Topliss-reactive ketones (excluding diaryl/α,β-unsaturated/α-hetero) is 1. The van der Waals surface area contributed by atoms with Crippen molar-refractivity contribution in [2.75, 3.05) is 4.43 Å². The maximum absolute atomic E-state index is 13.5. The second kappa shape index (κ2) is 8.08. The van der Waals surface area contributed by atoms with Gasteiger partial charge in [-0.25, -0.2) is 0 Å². The number of allylic oxidation sites excluding steroid dienone is 4. The highest BCUT2D eigenvalue weighted by Gasteiger charge is 2.76. The Bertz CT molecular complexity index is 931. The molecular formula is C25H31Cl2IO4. The molecule has 4 aliphatic rings. The molecule has 0 N–H and O–H groups in total. The van der Waals surface area contributed by atoms with Gasteiger partial charge < -0.3 is 4.74 Å². The van der Waals surface area contributed by atoms with E-state index in [4.69, 9.17) is 27.9 Å². The average Bonchev–Trinajstić information content (AvgIpc) is 2.96. The van der Waals surface area contributed by atoms with Crippen LogP contribution in [0.3, 0.4) is 0 Å². The summed E-state index contributed by atoms with van der Waals surface area (Å²) in [5.74, 6) is -0.376. The lowest BCUT2D eigenvalue weighted by Crippen LogP contribution is -2.68. The lowest BCUT2D eigenvalue weighted by Gasteiger charge is -2.64. The summed E-state index contributed by atoms with van der Waals surface area (Å²) < 4.78 is 6.41. The van der Waals surface area contributed by atoms with E-state index < -0.39 is 26.7 Å². The number of fused-ring (bicyclic) bond motifs is 5. The molecule has 2 unspecified atom stereocenters. The summed E-state index contributed by atoms with van der Waals surface area (Å²) in [6, 6.07) is 0. The number of hydrogen-bond donors (Lipinski definition) is 0. The quantitative estimate of drug-likeness (QED) is 0.235. The predicted octanol–water partition coefficient (Wildman–Crippen LogP) is 5.82. The number of ether oxygens (including phenoxy) is 1. The molecule has 0 aromatic heterocycles. The topological polar surface area (TPSA) is 60.4 Å². The van der Waals surface area contributed by atoms with Gasteiger partial charge in [0.1, 0.15) is 0 Å².